The average Bonchev–Trinajstić information content (AvgIpc) is 2.63. The highest BCUT2D eigenvalue weighted by Crippen LogP contribution is 2.12. The maximum atomic E-state index is 12.1. The fourth-order valence-electron chi connectivity index (χ4n) is 2.24. The molecule has 26 heavy (non-hydrogen) atoms. The molecule has 0 aliphatic carbocycles. The molecule has 0 bridgehead atoms. The van der Waals surface area contributed by atoms with Gasteiger partial charge in [0.2, 0.25) is 5.91 Å². The summed E-state index contributed by atoms with van der Waals surface area (Å²) in [5.74, 6) is -0.341. The molecule has 0 saturated carbocycles. The van der Waals surface area contributed by atoms with E-state index in [2.05, 4.69) is 15.8 Å². The van der Waals surface area contributed by atoms with E-state index < -0.39 is 0 Å². The van der Waals surface area contributed by atoms with Crippen molar-refractivity contribution in [2.45, 2.75) is 19.8 Å². The van der Waals surface area contributed by atoms with E-state index in [0.29, 0.717) is 17.7 Å². The Morgan fingerprint density at radius 3 is 2.27 bits per heavy atom. The summed E-state index contributed by atoms with van der Waals surface area (Å²) in [5, 5.41) is 6.76. The summed E-state index contributed by atoms with van der Waals surface area (Å²) in [5.41, 5.74) is 5.63. The predicted molar refractivity (Wildman–Crippen MR) is 106 cm³/mol. The molecule has 0 unspecified atom stereocenters. The van der Waals surface area contributed by atoms with E-state index in [1.54, 1.807) is 30.5 Å². The van der Waals surface area contributed by atoms with Crippen LogP contribution in [0.15, 0.2) is 53.6 Å². The normalized spacial score (nSPS) is 10.6. The van der Waals surface area contributed by atoms with E-state index >= 15 is 0 Å². The molecule has 0 saturated heterocycles. The van der Waals surface area contributed by atoms with Crippen molar-refractivity contribution in [1.29, 1.82) is 0 Å². The number of hydrogen-bond acceptors (Lipinski definition) is 4. The average molecular weight is 352 g/mol. The number of nitrogens with zero attached hydrogens (tertiary/aromatic N) is 2. The maximum absolute atomic E-state index is 12.1. The summed E-state index contributed by atoms with van der Waals surface area (Å²) in [6.45, 7) is 1.95. The number of hydrazone groups is 1. The van der Waals surface area contributed by atoms with Crippen LogP contribution in [0.5, 0.6) is 0 Å². The van der Waals surface area contributed by atoms with Gasteiger partial charge in [-0.1, -0.05) is 19.1 Å². The summed E-state index contributed by atoms with van der Waals surface area (Å²) in [6.07, 6.45) is 2.87. The molecule has 0 spiro atoms. The monoisotopic (exact) mass is 352 g/mol. The molecular weight excluding hydrogens is 328 g/mol. The minimum Gasteiger partial charge on any atom is -0.378 e. The lowest BCUT2D eigenvalue weighted by molar-refractivity contribution is -0.116. The Labute approximate surface area is 153 Å². The van der Waals surface area contributed by atoms with E-state index in [4.69, 9.17) is 0 Å². The number of anilines is 2. The number of rotatable bonds is 7. The molecule has 136 valence electrons. The number of carbonyl (C=O) groups excluding carboxylic acids is 2. The molecule has 2 aromatic rings. The van der Waals surface area contributed by atoms with Crippen LogP contribution in [0.4, 0.5) is 11.4 Å². The fraction of sp³-hybridized carbons (Fsp3) is 0.250. The van der Waals surface area contributed by atoms with E-state index in [-0.39, 0.29) is 11.8 Å². The molecule has 2 aromatic carbocycles. The summed E-state index contributed by atoms with van der Waals surface area (Å²) in [6, 6.07) is 14.5. The van der Waals surface area contributed by atoms with Gasteiger partial charge in [-0.25, -0.2) is 5.43 Å². The number of amides is 2. The molecule has 6 nitrogen and oxygen atoms in total. The lowest BCUT2D eigenvalue weighted by atomic mass is 10.2. The molecular formula is C20H24N4O2. The standard InChI is InChI=1S/C20H24N4O2/c1-4-5-19(25)22-17-10-8-16(9-11-17)20(26)23-21-14-15-6-12-18(13-7-15)24(2)3/h6-14H,4-5H2,1-3H3,(H,22,25)(H,23,26). The molecule has 2 amide bonds. The third kappa shape index (κ3) is 5.73. The van der Waals surface area contributed by atoms with Crippen molar-refractivity contribution in [2.75, 3.05) is 24.3 Å². The number of carbonyl (C=O) groups is 2. The summed E-state index contributed by atoms with van der Waals surface area (Å²) in [4.78, 5) is 25.7. The predicted octanol–water partition coefficient (Wildman–Crippen LogP) is 3.26. The van der Waals surface area contributed by atoms with E-state index in [1.807, 2.05) is 50.2 Å². The fourth-order valence-corrected chi connectivity index (χ4v) is 2.24. The van der Waals surface area contributed by atoms with Gasteiger partial charge in [0.05, 0.1) is 6.21 Å². The van der Waals surface area contributed by atoms with Crippen LogP contribution in [-0.4, -0.2) is 32.1 Å². The second-order valence-corrected chi connectivity index (χ2v) is 6.06. The van der Waals surface area contributed by atoms with Gasteiger partial charge >= 0.3 is 0 Å². The van der Waals surface area contributed by atoms with Gasteiger partial charge in [-0.2, -0.15) is 5.10 Å². The molecule has 0 aliphatic heterocycles. The van der Waals surface area contributed by atoms with Crippen LogP contribution in [0.2, 0.25) is 0 Å². The second kappa shape index (κ2) is 9.36. The van der Waals surface area contributed by atoms with Crippen molar-refractivity contribution < 1.29 is 9.59 Å². The first kappa shape index (κ1) is 19.2. The van der Waals surface area contributed by atoms with Gasteiger partial charge in [0.15, 0.2) is 0 Å². The summed E-state index contributed by atoms with van der Waals surface area (Å²) in [7, 11) is 3.95. The lowest BCUT2D eigenvalue weighted by Crippen LogP contribution is -2.17. The van der Waals surface area contributed by atoms with E-state index in [9.17, 15) is 9.59 Å². The van der Waals surface area contributed by atoms with Crippen LogP contribution in [-0.2, 0) is 4.79 Å². The molecule has 0 atom stereocenters. The zero-order valence-corrected chi connectivity index (χ0v) is 15.3. The number of hydrogen-bond donors (Lipinski definition) is 2. The zero-order chi connectivity index (χ0) is 18.9. The van der Waals surface area contributed by atoms with Crippen LogP contribution in [0.1, 0.15) is 35.7 Å². The molecule has 0 aromatic heterocycles. The van der Waals surface area contributed by atoms with Gasteiger partial charge in [-0.15, -0.1) is 0 Å². The Hall–Kier alpha value is -3.15. The summed E-state index contributed by atoms with van der Waals surface area (Å²) >= 11 is 0. The van der Waals surface area contributed by atoms with Crippen LogP contribution in [0.3, 0.4) is 0 Å². The minimum absolute atomic E-state index is 0.0328. The number of benzene rings is 2. The van der Waals surface area contributed by atoms with Crippen LogP contribution < -0.4 is 15.6 Å². The molecule has 0 radical (unpaired) electrons. The zero-order valence-electron chi connectivity index (χ0n) is 15.3. The highest BCUT2D eigenvalue weighted by atomic mass is 16.2. The Morgan fingerprint density at radius 2 is 1.69 bits per heavy atom. The first-order chi connectivity index (χ1) is 12.5. The second-order valence-electron chi connectivity index (χ2n) is 6.06. The smallest absolute Gasteiger partial charge is 0.271 e. The molecule has 2 rings (SSSR count). The van der Waals surface area contributed by atoms with Gasteiger partial charge in [0, 0.05) is 37.5 Å². The van der Waals surface area contributed by atoms with E-state index in [1.165, 1.54) is 0 Å². The van der Waals surface area contributed by atoms with Crippen LogP contribution in [0.25, 0.3) is 0 Å². The Kier molecular flexibility index (Phi) is 6.91. The Bertz CT molecular complexity index is 765. The van der Waals surface area contributed by atoms with E-state index in [0.717, 1.165) is 17.7 Å². The highest BCUT2D eigenvalue weighted by Gasteiger charge is 2.05. The molecule has 6 heteroatoms. The van der Waals surface area contributed by atoms with Gasteiger partial charge in [-0.3, -0.25) is 9.59 Å². The summed E-state index contributed by atoms with van der Waals surface area (Å²) < 4.78 is 0. The Balaban J connectivity index is 1.90. The van der Waals surface area contributed by atoms with Crippen molar-refractivity contribution in [3.05, 3.63) is 59.7 Å². The van der Waals surface area contributed by atoms with Crippen molar-refractivity contribution in [3.8, 4) is 0 Å². The lowest BCUT2D eigenvalue weighted by Gasteiger charge is -2.11. The van der Waals surface area contributed by atoms with Gasteiger partial charge in [-0.05, 0) is 48.4 Å². The van der Waals surface area contributed by atoms with Crippen LogP contribution >= 0.6 is 0 Å². The number of nitrogens with one attached hydrogen (secondary N) is 2. The third-order valence-electron chi connectivity index (χ3n) is 3.70. The van der Waals surface area contributed by atoms with Gasteiger partial charge in [0.1, 0.15) is 0 Å². The SMILES string of the molecule is CCCC(=O)Nc1ccc(C(=O)NN=Cc2ccc(N(C)C)cc2)cc1. The van der Waals surface area contributed by atoms with Gasteiger partial charge < -0.3 is 10.2 Å². The minimum atomic E-state index is -0.308. The van der Waals surface area contributed by atoms with Crippen LogP contribution in [0, 0.1) is 0 Å². The van der Waals surface area contributed by atoms with Gasteiger partial charge in [0.25, 0.3) is 5.91 Å². The largest absolute Gasteiger partial charge is 0.378 e. The molecule has 0 fully saturated rings. The topological polar surface area (TPSA) is 73.8 Å². The van der Waals surface area contributed by atoms with Crippen molar-refractivity contribution in [1.82, 2.24) is 5.43 Å². The van der Waals surface area contributed by atoms with Crippen molar-refractivity contribution >= 4 is 29.4 Å². The molecule has 2 N–H and O–H groups in total. The Morgan fingerprint density at radius 1 is 1.04 bits per heavy atom. The first-order valence-corrected chi connectivity index (χ1v) is 8.50. The third-order valence-corrected chi connectivity index (χ3v) is 3.70. The maximum Gasteiger partial charge on any atom is 0.271 e. The molecule has 0 aliphatic rings. The highest BCUT2D eigenvalue weighted by molar-refractivity contribution is 5.96. The van der Waals surface area contributed by atoms with Crippen molar-refractivity contribution in [2.24, 2.45) is 5.10 Å². The first-order valence-electron chi connectivity index (χ1n) is 8.50. The molecule has 0 heterocycles. The van der Waals surface area contributed by atoms with Crippen molar-refractivity contribution in [3.63, 3.8) is 0 Å². The quantitative estimate of drug-likeness (QED) is 0.593.